The van der Waals surface area contributed by atoms with E-state index >= 15 is 0 Å². The minimum atomic E-state index is -3.76. The summed E-state index contributed by atoms with van der Waals surface area (Å²) in [6, 6.07) is 8.44. The van der Waals surface area contributed by atoms with Crippen molar-refractivity contribution < 1.29 is 26.4 Å². The highest BCUT2D eigenvalue weighted by Crippen LogP contribution is 2.37. The van der Waals surface area contributed by atoms with Crippen molar-refractivity contribution in [3.05, 3.63) is 93.3 Å². The minimum Gasteiger partial charge on any atom is -0.333 e. The maximum Gasteiger partial charge on any atom is 0.255 e. The van der Waals surface area contributed by atoms with Crippen molar-refractivity contribution >= 4 is 26.5 Å². The summed E-state index contributed by atoms with van der Waals surface area (Å²) in [4.78, 5) is 28.9. The van der Waals surface area contributed by atoms with E-state index in [2.05, 4.69) is 4.98 Å². The van der Waals surface area contributed by atoms with Gasteiger partial charge >= 0.3 is 0 Å². The van der Waals surface area contributed by atoms with Crippen LogP contribution in [0.3, 0.4) is 0 Å². The summed E-state index contributed by atoms with van der Waals surface area (Å²) in [5.41, 5.74) is -0.293. The highest BCUT2D eigenvalue weighted by Gasteiger charge is 2.38. The summed E-state index contributed by atoms with van der Waals surface area (Å²) in [6.07, 6.45) is 2.32. The van der Waals surface area contributed by atoms with Crippen LogP contribution < -0.4 is 5.56 Å². The lowest BCUT2D eigenvalue weighted by atomic mass is 10.0. The molecular formula is C26H21F3N2O4S. The normalized spacial score (nSPS) is 13.9. The summed E-state index contributed by atoms with van der Waals surface area (Å²) >= 11 is 0. The monoisotopic (exact) mass is 514 g/mol. The number of fused-ring (bicyclic) bond motifs is 1. The van der Waals surface area contributed by atoms with Crippen LogP contribution in [0.25, 0.3) is 22.0 Å². The summed E-state index contributed by atoms with van der Waals surface area (Å²) in [7, 11) is -3.76. The molecule has 1 saturated carbocycles. The molecule has 4 aromatic rings. The standard InChI is InChI=1S/C26H21F3N2O4S/c1-14-9-19-22(11-21(14)29)31(12-15-10-16(27)4-7-20(15)28)25(23(32)13-36(34,35)17-5-6-17)24(19)18-3-2-8-30-26(18)33/h2-4,7-11,17H,5-6,12-13H2,1H3,(H,30,33). The third-order valence-corrected chi connectivity index (χ3v) is 8.55. The number of carbonyl (C=O) groups excluding carboxylic acids is 1. The van der Waals surface area contributed by atoms with Crippen molar-refractivity contribution in [3.63, 3.8) is 0 Å². The Balaban J connectivity index is 1.84. The Bertz CT molecular complexity index is 1700. The maximum atomic E-state index is 14.7. The zero-order valence-corrected chi connectivity index (χ0v) is 20.0. The van der Waals surface area contributed by atoms with E-state index in [1.54, 1.807) is 0 Å². The highest BCUT2D eigenvalue weighted by atomic mass is 32.2. The molecule has 0 radical (unpaired) electrons. The quantitative estimate of drug-likeness (QED) is 0.367. The van der Waals surface area contributed by atoms with E-state index in [1.165, 1.54) is 35.9 Å². The van der Waals surface area contributed by atoms with Gasteiger partial charge in [0, 0.05) is 28.3 Å². The van der Waals surface area contributed by atoms with Crippen molar-refractivity contribution in [1.29, 1.82) is 0 Å². The molecule has 36 heavy (non-hydrogen) atoms. The maximum absolute atomic E-state index is 14.7. The number of nitrogens with zero attached hydrogens (tertiary/aromatic N) is 1. The van der Waals surface area contributed by atoms with Crippen molar-refractivity contribution in [3.8, 4) is 11.1 Å². The van der Waals surface area contributed by atoms with E-state index in [9.17, 15) is 31.2 Å². The molecule has 5 rings (SSSR count). The molecule has 1 aliphatic rings. The number of Topliss-reactive ketones (excluding diaryl/α,β-unsaturated/α-hetero) is 1. The SMILES string of the molecule is Cc1cc2c(-c3ccc[nH]c3=O)c(C(=O)CS(=O)(=O)C3CC3)n(Cc3cc(F)ccc3F)c2cc1F. The second-order valence-electron chi connectivity index (χ2n) is 9.01. The smallest absolute Gasteiger partial charge is 0.255 e. The first-order valence-electron chi connectivity index (χ1n) is 11.3. The molecule has 10 heteroatoms. The van der Waals surface area contributed by atoms with E-state index in [-0.39, 0.29) is 33.5 Å². The van der Waals surface area contributed by atoms with Crippen LogP contribution in [-0.4, -0.2) is 34.8 Å². The van der Waals surface area contributed by atoms with Crippen LogP contribution >= 0.6 is 0 Å². The fourth-order valence-electron chi connectivity index (χ4n) is 4.45. The summed E-state index contributed by atoms with van der Waals surface area (Å²) < 4.78 is 70.0. The first-order chi connectivity index (χ1) is 17.1. The summed E-state index contributed by atoms with van der Waals surface area (Å²) in [6.45, 7) is 1.12. The van der Waals surface area contributed by atoms with E-state index < -0.39 is 56.2 Å². The number of hydrogen-bond acceptors (Lipinski definition) is 4. The number of sulfone groups is 1. The molecule has 0 spiro atoms. The summed E-state index contributed by atoms with van der Waals surface area (Å²) in [5, 5.41) is -0.294. The molecule has 2 aromatic heterocycles. The first-order valence-corrected chi connectivity index (χ1v) is 13.0. The Morgan fingerprint density at radius 1 is 1.08 bits per heavy atom. The van der Waals surface area contributed by atoms with Crippen LogP contribution in [0.2, 0.25) is 0 Å². The number of ketones is 1. The van der Waals surface area contributed by atoms with Crippen LogP contribution in [0.4, 0.5) is 13.2 Å². The van der Waals surface area contributed by atoms with Crippen molar-refractivity contribution in [2.24, 2.45) is 0 Å². The minimum absolute atomic E-state index is 0.0687. The zero-order valence-electron chi connectivity index (χ0n) is 19.1. The number of rotatable bonds is 7. The van der Waals surface area contributed by atoms with E-state index in [1.807, 2.05) is 0 Å². The lowest BCUT2D eigenvalue weighted by Gasteiger charge is -2.13. The highest BCUT2D eigenvalue weighted by molar-refractivity contribution is 7.93. The number of halogens is 3. The van der Waals surface area contributed by atoms with Crippen molar-refractivity contribution in [1.82, 2.24) is 9.55 Å². The molecule has 0 aliphatic heterocycles. The Morgan fingerprint density at radius 2 is 1.83 bits per heavy atom. The third kappa shape index (κ3) is 4.26. The molecular weight excluding hydrogens is 493 g/mol. The second-order valence-corrected chi connectivity index (χ2v) is 11.3. The van der Waals surface area contributed by atoms with Gasteiger partial charge in [-0.1, -0.05) is 0 Å². The Hall–Kier alpha value is -3.66. The fourth-order valence-corrected chi connectivity index (χ4v) is 6.05. The van der Waals surface area contributed by atoms with Gasteiger partial charge in [0.2, 0.25) is 0 Å². The van der Waals surface area contributed by atoms with Gasteiger partial charge in [-0.15, -0.1) is 0 Å². The molecule has 0 atom stereocenters. The molecule has 0 bridgehead atoms. The zero-order chi connectivity index (χ0) is 25.8. The molecule has 6 nitrogen and oxygen atoms in total. The molecule has 0 amide bonds. The number of benzene rings is 2. The van der Waals surface area contributed by atoms with E-state index in [4.69, 9.17) is 0 Å². The van der Waals surface area contributed by atoms with Gasteiger partial charge in [-0.2, -0.15) is 0 Å². The largest absolute Gasteiger partial charge is 0.333 e. The van der Waals surface area contributed by atoms with Crippen molar-refractivity contribution in [2.75, 3.05) is 5.75 Å². The number of aromatic nitrogens is 2. The first kappa shape index (κ1) is 24.1. The predicted octanol–water partition coefficient (Wildman–Crippen LogP) is 4.53. The number of H-pyrrole nitrogens is 1. The number of aromatic amines is 1. The van der Waals surface area contributed by atoms with Gasteiger partial charge in [-0.25, -0.2) is 21.6 Å². The predicted molar refractivity (Wildman–Crippen MR) is 129 cm³/mol. The van der Waals surface area contributed by atoms with Gasteiger partial charge in [0.15, 0.2) is 15.6 Å². The number of carbonyl (C=O) groups is 1. The lowest BCUT2D eigenvalue weighted by Crippen LogP contribution is -2.23. The second kappa shape index (κ2) is 8.77. The van der Waals surface area contributed by atoms with Crippen LogP contribution in [0.15, 0.2) is 53.5 Å². The molecule has 2 aromatic carbocycles. The van der Waals surface area contributed by atoms with Gasteiger partial charge in [0.1, 0.15) is 23.2 Å². The number of hydrogen-bond donors (Lipinski definition) is 1. The topological polar surface area (TPSA) is 89.0 Å². The molecule has 2 heterocycles. The van der Waals surface area contributed by atoms with Gasteiger partial charge in [-0.05, 0) is 67.8 Å². The molecule has 1 aliphatic carbocycles. The average molecular weight is 515 g/mol. The van der Waals surface area contributed by atoms with Gasteiger partial charge in [0.05, 0.1) is 23.0 Å². The summed E-state index contributed by atoms with van der Waals surface area (Å²) in [5.74, 6) is -3.72. The fraction of sp³-hybridized carbons (Fsp3) is 0.231. The van der Waals surface area contributed by atoms with Crippen molar-refractivity contribution in [2.45, 2.75) is 31.6 Å². The van der Waals surface area contributed by atoms with Gasteiger partial charge < -0.3 is 9.55 Å². The number of nitrogens with one attached hydrogen (secondary N) is 1. The molecule has 1 N–H and O–H groups in total. The number of pyridine rings is 1. The van der Waals surface area contributed by atoms with Crippen LogP contribution in [-0.2, 0) is 16.4 Å². The van der Waals surface area contributed by atoms with Crippen LogP contribution in [0.5, 0.6) is 0 Å². The molecule has 0 saturated heterocycles. The lowest BCUT2D eigenvalue weighted by molar-refractivity contribution is 0.101. The van der Waals surface area contributed by atoms with Crippen LogP contribution in [0, 0.1) is 24.4 Å². The Kier molecular flexibility index (Phi) is 5.86. The average Bonchev–Trinajstić information content (AvgIpc) is 3.63. The Labute approximate surface area is 204 Å². The van der Waals surface area contributed by atoms with E-state index in [0.29, 0.717) is 18.2 Å². The van der Waals surface area contributed by atoms with E-state index in [0.717, 1.165) is 24.3 Å². The Morgan fingerprint density at radius 3 is 2.53 bits per heavy atom. The molecule has 1 fully saturated rings. The van der Waals surface area contributed by atoms with Gasteiger partial charge in [0.25, 0.3) is 5.56 Å². The molecule has 0 unspecified atom stereocenters. The number of aryl methyl sites for hydroxylation is 1. The molecule has 186 valence electrons. The van der Waals surface area contributed by atoms with Crippen LogP contribution in [0.1, 0.15) is 34.5 Å². The van der Waals surface area contributed by atoms with Gasteiger partial charge in [-0.3, -0.25) is 9.59 Å². The third-order valence-electron chi connectivity index (χ3n) is 6.40.